The first-order chi connectivity index (χ1) is 13.4. The number of carboxylic acid groups (broad SMARTS) is 1. The van der Waals surface area contributed by atoms with Crippen molar-refractivity contribution in [1.29, 1.82) is 0 Å². The Kier molecular flexibility index (Phi) is 5.54. The van der Waals surface area contributed by atoms with Gasteiger partial charge in [0.1, 0.15) is 11.5 Å². The van der Waals surface area contributed by atoms with Gasteiger partial charge in [-0.2, -0.15) is 4.39 Å². The van der Waals surface area contributed by atoms with Crippen molar-refractivity contribution in [2.75, 3.05) is 0 Å². The minimum atomic E-state index is -1.48. The van der Waals surface area contributed by atoms with Crippen molar-refractivity contribution in [3.8, 4) is 11.3 Å². The summed E-state index contributed by atoms with van der Waals surface area (Å²) in [6, 6.07) is 6.23. The second-order valence-corrected chi connectivity index (χ2v) is 6.33. The van der Waals surface area contributed by atoms with Gasteiger partial charge in [-0.1, -0.05) is 6.92 Å². The number of carbonyl (C=O) groups excluding carboxylic acids is 1. The number of aromatic nitrogens is 2. The molecule has 0 spiro atoms. The van der Waals surface area contributed by atoms with E-state index in [0.29, 0.717) is 24.1 Å². The Hall–Kier alpha value is -3.47. The minimum Gasteiger partial charge on any atom is -0.544 e. The van der Waals surface area contributed by atoms with Crippen molar-refractivity contribution >= 4 is 29.5 Å². The van der Waals surface area contributed by atoms with Crippen LogP contribution in [0.25, 0.3) is 17.4 Å². The van der Waals surface area contributed by atoms with Crippen molar-refractivity contribution in [2.45, 2.75) is 18.6 Å². The maximum absolute atomic E-state index is 13.5. The lowest BCUT2D eigenvalue weighted by molar-refractivity contribution is -0.387. The molecule has 2 aromatic heterocycles. The molecule has 0 atom stereocenters. The monoisotopic (exact) mass is 404 g/mol. The minimum absolute atomic E-state index is 0.0354. The van der Waals surface area contributed by atoms with Crippen LogP contribution >= 0.6 is 11.8 Å². The van der Waals surface area contributed by atoms with E-state index in [0.717, 1.165) is 12.1 Å². The van der Waals surface area contributed by atoms with E-state index in [-0.39, 0.29) is 27.2 Å². The van der Waals surface area contributed by atoms with E-state index in [1.807, 2.05) is 6.92 Å². The summed E-state index contributed by atoms with van der Waals surface area (Å²) in [6.45, 7) is 1.81. The fourth-order valence-electron chi connectivity index (χ4n) is 2.17. The zero-order chi connectivity index (χ0) is 20.3. The molecule has 0 aliphatic rings. The second kappa shape index (κ2) is 8.05. The molecule has 0 saturated heterocycles. The number of aliphatic carboxylic acids is 1. The fraction of sp³-hybridized carbons (Fsp3) is 0.118. The maximum atomic E-state index is 13.5. The summed E-state index contributed by atoms with van der Waals surface area (Å²) in [7, 11) is 0. The normalized spacial score (nSPS) is 11.6. The van der Waals surface area contributed by atoms with Crippen LogP contribution in [0.4, 0.5) is 10.1 Å². The number of aryl methyl sites for hydroxylation is 1. The third-order valence-corrected chi connectivity index (χ3v) is 4.32. The molecule has 3 aromatic rings. The van der Waals surface area contributed by atoms with Crippen LogP contribution < -0.4 is 5.11 Å². The number of hydrogen-bond donors (Lipinski definition) is 0. The number of rotatable bonds is 7. The summed E-state index contributed by atoms with van der Waals surface area (Å²) in [5.74, 6) is -1.75. The summed E-state index contributed by atoms with van der Waals surface area (Å²) < 4.78 is 24.2. The molecule has 9 nitrogen and oxygen atoms in total. The van der Waals surface area contributed by atoms with Crippen LogP contribution in [0.3, 0.4) is 0 Å². The molecule has 28 heavy (non-hydrogen) atoms. The smallest absolute Gasteiger partial charge is 0.305 e. The van der Waals surface area contributed by atoms with Crippen molar-refractivity contribution in [3.63, 3.8) is 0 Å². The van der Waals surface area contributed by atoms with Crippen LogP contribution in [0.15, 0.2) is 49.3 Å². The summed E-state index contributed by atoms with van der Waals surface area (Å²) in [4.78, 5) is 21.1. The van der Waals surface area contributed by atoms with Gasteiger partial charge in [0.15, 0.2) is 0 Å². The molecule has 144 valence electrons. The largest absolute Gasteiger partial charge is 0.544 e. The van der Waals surface area contributed by atoms with Crippen molar-refractivity contribution < 1.29 is 28.0 Å². The number of halogens is 1. The molecule has 3 rings (SSSR count). The summed E-state index contributed by atoms with van der Waals surface area (Å²) >= 11 is 0.701. The van der Waals surface area contributed by atoms with E-state index in [1.54, 1.807) is 0 Å². The molecule has 0 aliphatic carbocycles. The topological polar surface area (TPSA) is 135 Å². The Bertz CT molecular complexity index is 1070. The first-order valence-corrected chi connectivity index (χ1v) is 8.66. The summed E-state index contributed by atoms with van der Waals surface area (Å²) in [5, 5.41) is 29.7. The first-order valence-electron chi connectivity index (χ1n) is 7.84. The number of nitro groups is 1. The molecule has 0 unspecified atom stereocenters. The van der Waals surface area contributed by atoms with Crippen LogP contribution in [-0.2, 0) is 11.2 Å². The molecule has 0 bridgehead atoms. The Labute approximate surface area is 161 Å². The van der Waals surface area contributed by atoms with Gasteiger partial charge in [-0.05, 0) is 42.1 Å². The van der Waals surface area contributed by atoms with Crippen LogP contribution in [-0.4, -0.2) is 21.1 Å². The Morgan fingerprint density at radius 2 is 2.07 bits per heavy atom. The summed E-state index contributed by atoms with van der Waals surface area (Å²) in [5.41, 5.74) is -0.431. The second-order valence-electron chi connectivity index (χ2n) is 5.34. The number of benzene rings is 1. The average Bonchev–Trinajstić information content (AvgIpc) is 3.30. The first kappa shape index (κ1) is 19.3. The quantitative estimate of drug-likeness (QED) is 0.252. The number of nitro benzene ring substituents is 1. The van der Waals surface area contributed by atoms with Crippen molar-refractivity contribution in [2.24, 2.45) is 0 Å². The van der Waals surface area contributed by atoms with Crippen LogP contribution in [0, 0.1) is 15.9 Å². The third kappa shape index (κ3) is 4.26. The van der Waals surface area contributed by atoms with Gasteiger partial charge in [-0.25, -0.2) is 0 Å². The molecule has 1 aromatic carbocycles. The Balaban J connectivity index is 1.88. The van der Waals surface area contributed by atoms with E-state index >= 15 is 0 Å². The molecular formula is C17H11FN3O6S-. The Morgan fingerprint density at radius 1 is 1.29 bits per heavy atom. The molecule has 0 fully saturated rings. The zero-order valence-corrected chi connectivity index (χ0v) is 15.1. The van der Waals surface area contributed by atoms with Crippen LogP contribution in [0.2, 0.25) is 0 Å². The van der Waals surface area contributed by atoms with Gasteiger partial charge in [0.2, 0.25) is 11.7 Å². The lowest BCUT2D eigenvalue weighted by Crippen LogP contribution is -2.22. The molecule has 0 saturated carbocycles. The van der Waals surface area contributed by atoms with E-state index in [2.05, 4.69) is 10.2 Å². The number of nitrogens with zero attached hydrogens (tertiary/aromatic N) is 3. The fourth-order valence-corrected chi connectivity index (χ4v) is 2.83. The standard InChI is InChI=1S/C17H12FN3O6S/c1-2-15-19-20-17(27-15)28-14(16(22)23)8-10-4-6-13(26-10)9-3-5-11(18)12(7-9)21(24)25/h3-8H,2H2,1H3,(H,22,23)/p-1/b14-8+. The highest BCUT2D eigenvalue weighted by Crippen LogP contribution is 2.31. The van der Waals surface area contributed by atoms with Gasteiger partial charge in [-0.15, -0.1) is 10.2 Å². The molecular weight excluding hydrogens is 393 g/mol. The zero-order valence-electron chi connectivity index (χ0n) is 14.2. The highest BCUT2D eigenvalue weighted by atomic mass is 32.2. The van der Waals surface area contributed by atoms with Crippen LogP contribution in [0.5, 0.6) is 0 Å². The van der Waals surface area contributed by atoms with Gasteiger partial charge in [0.05, 0.1) is 10.9 Å². The SMILES string of the molecule is CCc1nnc(S/C(=C/c2ccc(-c3ccc(F)c([N+](=O)[O-])c3)o2)C(=O)[O-])o1. The summed E-state index contributed by atoms with van der Waals surface area (Å²) in [6.07, 6.45) is 1.69. The van der Waals surface area contributed by atoms with Gasteiger partial charge >= 0.3 is 5.69 Å². The number of thioether (sulfide) groups is 1. The van der Waals surface area contributed by atoms with E-state index in [9.17, 15) is 24.4 Å². The molecule has 2 heterocycles. The average molecular weight is 404 g/mol. The molecule has 0 radical (unpaired) electrons. The highest BCUT2D eigenvalue weighted by Gasteiger charge is 2.17. The van der Waals surface area contributed by atoms with Gasteiger partial charge in [0, 0.05) is 23.0 Å². The molecule has 0 amide bonds. The lowest BCUT2D eigenvalue weighted by Gasteiger charge is -2.04. The Morgan fingerprint density at radius 3 is 2.71 bits per heavy atom. The van der Waals surface area contributed by atoms with E-state index in [1.165, 1.54) is 24.3 Å². The number of hydrogen-bond acceptors (Lipinski definition) is 9. The molecule has 0 N–H and O–H groups in total. The molecule has 0 aliphatic heterocycles. The molecule has 11 heteroatoms. The third-order valence-electron chi connectivity index (χ3n) is 3.48. The number of furan rings is 1. The lowest BCUT2D eigenvalue weighted by atomic mass is 10.1. The van der Waals surface area contributed by atoms with E-state index < -0.39 is 22.4 Å². The maximum Gasteiger partial charge on any atom is 0.305 e. The van der Waals surface area contributed by atoms with Gasteiger partial charge in [0.25, 0.3) is 5.22 Å². The van der Waals surface area contributed by atoms with Gasteiger partial charge in [-0.3, -0.25) is 10.1 Å². The predicted molar refractivity (Wildman–Crippen MR) is 93.3 cm³/mol. The van der Waals surface area contributed by atoms with Crippen molar-refractivity contribution in [3.05, 3.63) is 62.8 Å². The van der Waals surface area contributed by atoms with Crippen LogP contribution in [0.1, 0.15) is 18.6 Å². The predicted octanol–water partition coefficient (Wildman–Crippen LogP) is 2.82. The highest BCUT2D eigenvalue weighted by molar-refractivity contribution is 8.03. The number of carbonyl (C=O) groups is 1. The van der Waals surface area contributed by atoms with Gasteiger partial charge < -0.3 is 18.7 Å². The number of carboxylic acids is 1. The van der Waals surface area contributed by atoms with E-state index in [4.69, 9.17) is 8.83 Å². The van der Waals surface area contributed by atoms with Crippen molar-refractivity contribution in [1.82, 2.24) is 10.2 Å².